The molecule has 0 unspecified atom stereocenters. The van der Waals surface area contributed by atoms with Crippen LogP contribution in [0.1, 0.15) is 183 Å². The van der Waals surface area contributed by atoms with Crippen LogP contribution in [0.15, 0.2) is 158 Å². The standard InChI is InChI=1S/C87H97N6O6.Zn/c1-5-8-11-14-17-20-53-96-69-39-29-61(30-40-69)83-76-47-45-74(89-76)82(60-25-35-67(36-26-60)88-86(94)59(4)99-87(95)64-27-37-68(38-28-64)93-57-72-65-23-24-66(56-65)73(72)58-93)75-46-48-77(90-75)84(62-31-41-70(42-32-62)97-54-21-18-15-12-9-6-2)79-50-52-81(92-79)85(80-51-49-78(83)91-80)63-33-43-71(44-34-63)98-55-22-19-16-13-10-7-3;/h23-52,59,65-66,72-73H,5-22,53-58H2,1-4H3,(H2-,88,89,90,91,92,94);/q-1;+2/p-1/t59-,65-,66+,72-,73+;/m0./s1. The van der Waals surface area contributed by atoms with Crippen molar-refractivity contribution in [2.45, 2.75) is 156 Å². The van der Waals surface area contributed by atoms with Gasteiger partial charge in [0.1, 0.15) is 17.2 Å². The number of fused-ring (bicyclic) bond motifs is 13. The Hall–Kier alpha value is -8.80. The molecule has 13 heteroatoms. The summed E-state index contributed by atoms with van der Waals surface area (Å²) in [7, 11) is 0. The van der Waals surface area contributed by atoms with Crippen LogP contribution in [0.25, 0.3) is 90.9 Å². The van der Waals surface area contributed by atoms with Crippen LogP contribution in [0.5, 0.6) is 17.2 Å². The van der Waals surface area contributed by atoms with E-state index in [1.807, 2.05) is 48.5 Å². The van der Waals surface area contributed by atoms with E-state index in [2.05, 4.69) is 165 Å². The molecule has 12 nitrogen and oxygen atoms in total. The topological polar surface area (TPSA) is 140 Å². The van der Waals surface area contributed by atoms with E-state index >= 15 is 0 Å². The van der Waals surface area contributed by atoms with E-state index in [4.69, 9.17) is 38.9 Å². The van der Waals surface area contributed by atoms with E-state index in [0.29, 0.717) is 66.0 Å². The van der Waals surface area contributed by atoms with Crippen molar-refractivity contribution < 1.29 is 48.0 Å². The number of hydrogen-bond donors (Lipinski definition) is 1. The Morgan fingerprint density at radius 3 is 1.15 bits per heavy atom. The Labute approximate surface area is 604 Å². The molecule has 0 radical (unpaired) electrons. The number of benzene rings is 5. The minimum atomic E-state index is -1.06. The Bertz CT molecular complexity index is 4240. The van der Waals surface area contributed by atoms with Crippen molar-refractivity contribution in [1.82, 2.24) is 19.9 Å². The summed E-state index contributed by atoms with van der Waals surface area (Å²) in [5, 5.41) is 3.01. The molecule has 13 rings (SSSR count). The van der Waals surface area contributed by atoms with Crippen LogP contribution in [0, 0.1) is 23.7 Å². The van der Waals surface area contributed by atoms with E-state index < -0.39 is 18.0 Å². The third-order valence-electron chi connectivity index (χ3n) is 20.6. The molecule has 1 N–H and O–H groups in total. The number of carbonyl (C=O) groups excluding carboxylic acids is 2. The summed E-state index contributed by atoms with van der Waals surface area (Å²) in [4.78, 5) is 52.1. The molecule has 8 aromatic rings. The zero-order valence-corrected chi connectivity index (χ0v) is 62.0. The molecule has 10 bridgehead atoms. The number of aromatic nitrogens is 4. The van der Waals surface area contributed by atoms with Gasteiger partial charge in [0.25, 0.3) is 5.91 Å². The fourth-order valence-corrected chi connectivity index (χ4v) is 15.1. The Balaban J connectivity index is 0.00000948. The molecule has 5 aromatic carbocycles. The maximum absolute atomic E-state index is 13.9. The third kappa shape index (κ3) is 17.1. The Kier molecular flexibility index (Phi) is 24.5. The molecule has 1 saturated carbocycles. The maximum Gasteiger partial charge on any atom is 2.00 e. The van der Waals surface area contributed by atoms with Crippen LogP contribution in [-0.2, 0) is 29.0 Å². The summed E-state index contributed by atoms with van der Waals surface area (Å²) in [6.07, 6.45) is 34.9. The fraction of sp³-hybridized carbons (Fsp3) is 0.379. The van der Waals surface area contributed by atoms with Crippen molar-refractivity contribution in [3.63, 3.8) is 0 Å². The van der Waals surface area contributed by atoms with Crippen molar-refractivity contribution in [3.8, 4) is 61.8 Å². The molecule has 6 heterocycles. The largest absolute Gasteiger partial charge is 2.00 e. The van der Waals surface area contributed by atoms with E-state index in [0.717, 1.165) is 153 Å². The van der Waals surface area contributed by atoms with Gasteiger partial charge >= 0.3 is 25.4 Å². The van der Waals surface area contributed by atoms with Crippen LogP contribution in [0.4, 0.5) is 11.4 Å². The SMILES string of the molecule is CCCCCCCCOc1ccc(-c2c3nc(c(-c4ccc(OCCCCCCCC)cc4)c4ccc([n-]4)c(-c4ccc(OCCCCCCCC)cc4)c4nc(c(-c5ccc(NC(=O)[C@H](C)OC(=O)c6ccc(N7C[C@@H]8[C@H](C7)[C@@H]7C=C[C@H]8C7)cc6)cc5)c5ccc2[n-]5)C=C4)C=C3)cc1.[Zn+2]. The summed E-state index contributed by atoms with van der Waals surface area (Å²) in [6.45, 7) is 12.4. The maximum atomic E-state index is 13.9. The molecule has 5 aliphatic rings. The first-order chi connectivity index (χ1) is 48.7. The van der Waals surface area contributed by atoms with Gasteiger partial charge < -0.3 is 39.1 Å². The average Bonchev–Trinajstić information content (AvgIpc) is 1.61. The molecule has 5 atom stereocenters. The third-order valence-corrected chi connectivity index (χ3v) is 20.6. The number of allylic oxidation sites excluding steroid dienone is 2. The van der Waals surface area contributed by atoms with Crippen LogP contribution in [-0.4, -0.2) is 60.9 Å². The van der Waals surface area contributed by atoms with Crippen molar-refractivity contribution in [1.29, 1.82) is 0 Å². The summed E-state index contributed by atoms with van der Waals surface area (Å²) in [6, 6.07) is 48.6. The van der Waals surface area contributed by atoms with Gasteiger partial charge in [0, 0.05) is 24.5 Å². The van der Waals surface area contributed by atoms with Gasteiger partial charge in [0.15, 0.2) is 6.10 Å². The van der Waals surface area contributed by atoms with Gasteiger partial charge in [-0.05, 0) is 198 Å². The van der Waals surface area contributed by atoms with Gasteiger partial charge in [-0.3, -0.25) is 4.79 Å². The number of esters is 1. The monoisotopic (exact) mass is 1380 g/mol. The van der Waals surface area contributed by atoms with Gasteiger partial charge in [-0.25, -0.2) is 14.8 Å². The van der Waals surface area contributed by atoms with Crippen LogP contribution >= 0.6 is 0 Å². The molecule has 3 aromatic heterocycles. The second kappa shape index (κ2) is 34.5. The van der Waals surface area contributed by atoms with E-state index in [1.54, 1.807) is 6.92 Å². The van der Waals surface area contributed by atoms with Gasteiger partial charge in [-0.2, -0.15) is 0 Å². The van der Waals surface area contributed by atoms with Crippen molar-refractivity contribution in [2.24, 2.45) is 23.7 Å². The summed E-state index contributed by atoms with van der Waals surface area (Å²) >= 11 is 0. The number of ether oxygens (including phenoxy) is 4. The minimum Gasteiger partial charge on any atom is -0.657 e. The molecule has 3 aliphatic heterocycles. The molecule has 512 valence electrons. The van der Waals surface area contributed by atoms with E-state index in [-0.39, 0.29) is 19.5 Å². The first kappa shape index (κ1) is 71.0. The van der Waals surface area contributed by atoms with E-state index in [1.165, 1.54) is 83.5 Å². The molecular weight excluding hydrogens is 1290 g/mol. The zero-order valence-electron chi connectivity index (χ0n) is 59.1. The number of carbonyl (C=O) groups is 2. The second-order valence-corrected chi connectivity index (χ2v) is 27.6. The van der Waals surface area contributed by atoms with Crippen LogP contribution in [0.3, 0.4) is 0 Å². The Morgan fingerprint density at radius 2 is 0.790 bits per heavy atom. The fourth-order valence-electron chi connectivity index (χ4n) is 15.1. The second-order valence-electron chi connectivity index (χ2n) is 27.6. The number of amides is 1. The van der Waals surface area contributed by atoms with Crippen molar-refractivity contribution in [2.75, 3.05) is 43.1 Å². The average molecular weight is 1390 g/mol. The molecule has 2 fully saturated rings. The first-order valence-electron chi connectivity index (χ1n) is 37.1. The smallest absolute Gasteiger partial charge is 0.657 e. The van der Waals surface area contributed by atoms with E-state index in [9.17, 15) is 9.59 Å². The van der Waals surface area contributed by atoms with Crippen molar-refractivity contribution >= 4 is 69.6 Å². The number of nitrogens with one attached hydrogen (secondary N) is 1. The summed E-state index contributed by atoms with van der Waals surface area (Å²) in [5.41, 5.74) is 15.1. The van der Waals surface area contributed by atoms with Gasteiger partial charge in [0.2, 0.25) is 0 Å². The van der Waals surface area contributed by atoms with Crippen LogP contribution < -0.4 is 34.4 Å². The molecule has 0 spiro atoms. The summed E-state index contributed by atoms with van der Waals surface area (Å²) in [5.74, 6) is 4.27. The quantitative estimate of drug-likeness (QED) is 0.0182. The number of anilines is 2. The minimum absolute atomic E-state index is 0. The molecular formula is C87H96N6O6Zn. The molecule has 1 amide bonds. The van der Waals surface area contributed by atoms with Crippen LogP contribution in [0.2, 0.25) is 0 Å². The number of rotatable bonds is 33. The summed E-state index contributed by atoms with van der Waals surface area (Å²) < 4.78 is 24.8. The Morgan fingerprint density at radius 1 is 0.450 bits per heavy atom. The predicted molar refractivity (Wildman–Crippen MR) is 405 cm³/mol. The zero-order chi connectivity index (χ0) is 67.9. The van der Waals surface area contributed by atoms with Gasteiger partial charge in [0.05, 0.1) is 48.2 Å². The predicted octanol–water partition coefficient (Wildman–Crippen LogP) is 21.2. The number of nitrogens with zero attached hydrogens (tertiary/aromatic N) is 5. The number of hydrogen-bond acceptors (Lipinski definition) is 9. The first-order valence-corrected chi connectivity index (χ1v) is 37.1. The molecule has 100 heavy (non-hydrogen) atoms. The molecule has 2 aliphatic carbocycles. The normalized spacial score (nSPS) is 16.5. The molecule has 1 saturated heterocycles. The van der Waals surface area contributed by atoms with Crippen molar-refractivity contribution in [3.05, 3.63) is 186 Å². The van der Waals surface area contributed by atoms with Gasteiger partial charge in [-0.1, -0.05) is 202 Å². The van der Waals surface area contributed by atoms with Gasteiger partial charge in [-0.15, -0.1) is 22.1 Å². The number of unbranched alkanes of at least 4 members (excludes halogenated alkanes) is 15.